The number of aromatic nitrogens is 4. The number of halogens is 5. The number of terminal acetylenes is 1. The topological polar surface area (TPSA) is 312 Å². The molecule has 30 heteroatoms. The zero-order valence-corrected chi connectivity index (χ0v) is 80.1. The number of carboxylic acids is 2. The fourth-order valence-corrected chi connectivity index (χ4v) is 13.5. The molecule has 0 spiro atoms. The minimum absolute atomic E-state index is 0. The second kappa shape index (κ2) is 57.0. The summed E-state index contributed by atoms with van der Waals surface area (Å²) in [6.45, 7) is 28.4. The number of morpholine rings is 2. The van der Waals surface area contributed by atoms with Crippen LogP contribution < -0.4 is 30.7 Å². The molecule has 3 aliphatic rings. The number of fused-ring (bicyclic) bond motifs is 2. The van der Waals surface area contributed by atoms with Crippen molar-refractivity contribution in [3.05, 3.63) is 294 Å². The molecule has 0 amide bonds. The van der Waals surface area contributed by atoms with E-state index in [2.05, 4.69) is 166 Å². The summed E-state index contributed by atoms with van der Waals surface area (Å²) in [5.41, 5.74) is 17.8. The fourth-order valence-electron chi connectivity index (χ4n) is 11.9. The van der Waals surface area contributed by atoms with E-state index in [1.54, 1.807) is 98.0 Å². The van der Waals surface area contributed by atoms with Crippen molar-refractivity contribution < 1.29 is 92.0 Å². The summed E-state index contributed by atoms with van der Waals surface area (Å²) >= 11 is 16.0. The van der Waals surface area contributed by atoms with Gasteiger partial charge < -0.3 is 57.7 Å². The number of ether oxygens (including phenoxy) is 5. The fraction of sp³-hybridized carbons (Fsp3) is 0.255. The number of pyridine rings is 4. The maximum atomic E-state index is 12.3. The summed E-state index contributed by atoms with van der Waals surface area (Å²) in [6.07, 6.45) is 21.3. The number of aliphatic carboxylic acids is 2. The number of hydrogen-bond acceptors (Lipinski definition) is 21. The Morgan fingerprint density at radius 1 is 0.532 bits per heavy atom. The van der Waals surface area contributed by atoms with E-state index < -0.39 is 23.9 Å². The third-order valence-corrected chi connectivity index (χ3v) is 22.5. The summed E-state index contributed by atoms with van der Waals surface area (Å²) in [7, 11) is 0.670. The minimum Gasteiger partial charge on any atom is -0.537 e. The first kappa shape index (κ1) is 105. The minimum atomic E-state index is -0.833. The summed E-state index contributed by atoms with van der Waals surface area (Å²) in [5, 5.41) is 29.0. The van der Waals surface area contributed by atoms with Crippen LogP contribution in [0.2, 0.25) is 0 Å². The normalized spacial score (nSPS) is 12.0. The van der Waals surface area contributed by atoms with E-state index >= 15 is 0 Å². The van der Waals surface area contributed by atoms with Crippen LogP contribution in [0.15, 0.2) is 227 Å². The van der Waals surface area contributed by atoms with Crippen LogP contribution >= 0.6 is 86.3 Å². The Morgan fingerprint density at radius 2 is 0.968 bits per heavy atom. The van der Waals surface area contributed by atoms with E-state index in [4.69, 9.17) is 68.4 Å². The van der Waals surface area contributed by atoms with Crippen molar-refractivity contribution in [1.82, 2.24) is 30.2 Å². The molecule has 0 bridgehead atoms. The van der Waals surface area contributed by atoms with Crippen molar-refractivity contribution >= 4 is 140 Å². The third-order valence-electron chi connectivity index (χ3n) is 17.5. The van der Waals surface area contributed by atoms with Crippen LogP contribution in [0.4, 0.5) is 0 Å². The van der Waals surface area contributed by atoms with Crippen molar-refractivity contribution in [2.75, 3.05) is 65.8 Å². The first-order valence-electron chi connectivity index (χ1n) is 38.5. The molecular formula is C94H95BBr4IN6O17Pd. The molecule has 6 aromatic heterocycles. The van der Waals surface area contributed by atoms with Crippen LogP contribution in [0.1, 0.15) is 87.9 Å². The molecule has 1 radical (unpaired) electrons. The first-order valence-corrected chi connectivity index (χ1v) is 43.0. The van der Waals surface area contributed by atoms with Crippen LogP contribution in [0, 0.1) is 83.1 Å². The Bertz CT molecular complexity index is 5560. The van der Waals surface area contributed by atoms with Crippen molar-refractivity contribution in [2.45, 2.75) is 94.0 Å². The zero-order valence-electron chi connectivity index (χ0n) is 70.0. The standard InChI is InChI=1S/C27H26N2O3.2C16H12BrNO2.C11H9BrO2.C7H7BBrO2.C5H4IN.C4H9NO.C4H8O.2C2H4O2.Pd/c1-18-14-24-27(23(15-25(30)32-24)22-4-3-9-28-16-22)19(2)26(18)21-7-5-20(6-8-21)17-29-10-12-31-13-11-29;1-9-6-13-15(10(2)16(9)17)12(7-14(19)20-13)11-4-3-5-18-8-11;1-11-8-14(9-12(2)16(11)17)20-15(19)6-5-13-4-3-7-18-10-13;1-4-10(13)14-9-5-7(2)11(12)8(3)6-9;9-5-6-1-3-7(4-2-6)11-8-10;6-5-2-1-3-7-4-5;1-3-6-4-2-5-1;1-2-4-5-3-1;2*1-2(3)4;/h3-9,14-16H,10-13,17H2,1-2H3;3-8H,1-2H3;3-4,7-10H,1-2H3;1,5-6H,2-3H3;1-4,10H,5H2;1-4H;5H,1-4H2;1-4H2;2*1H3,(H,3,4);. The van der Waals surface area contributed by atoms with E-state index in [1.807, 2.05) is 114 Å². The maximum Gasteiger partial charge on any atom is 0.569 e. The van der Waals surface area contributed by atoms with E-state index in [0.29, 0.717) is 41.7 Å². The molecule has 3 aliphatic heterocycles. The number of alkyl halides is 1. The van der Waals surface area contributed by atoms with Crippen LogP contribution in [0.5, 0.6) is 17.2 Å². The Kier molecular flexibility index (Phi) is 48.2. The first-order chi connectivity index (χ1) is 59.0. The second-order valence-corrected chi connectivity index (χ2v) is 31.3. The predicted octanol–water partition coefficient (Wildman–Crippen LogP) is 19.0. The predicted molar refractivity (Wildman–Crippen MR) is 503 cm³/mol. The van der Waals surface area contributed by atoms with Crippen LogP contribution in [-0.4, -0.2) is 137 Å². The van der Waals surface area contributed by atoms with E-state index in [-0.39, 0.29) is 31.7 Å². The molecular weight excluding hydrogens is 2050 g/mol. The van der Waals surface area contributed by atoms with Crippen LogP contribution in [-0.2, 0) is 65.7 Å². The number of carbonyl (C=O) groups excluding carboxylic acids is 2. The largest absolute Gasteiger partial charge is 0.569 e. The van der Waals surface area contributed by atoms with E-state index in [1.165, 1.54) is 39.2 Å². The molecule has 15 rings (SSSR count). The molecule has 9 heterocycles. The Labute approximate surface area is 783 Å². The summed E-state index contributed by atoms with van der Waals surface area (Å²) in [6, 6.07) is 45.4. The summed E-state index contributed by atoms with van der Waals surface area (Å²) in [5.74, 6) is 5.72. The molecule has 0 unspecified atom stereocenters. The summed E-state index contributed by atoms with van der Waals surface area (Å²) < 4.78 is 45.4. The third kappa shape index (κ3) is 37.2. The Hall–Kier alpha value is -9.72. The number of nitrogens with one attached hydrogen (secondary N) is 1. The number of rotatable bonds is 10. The monoisotopic (exact) mass is 2140 g/mol. The van der Waals surface area contributed by atoms with Gasteiger partial charge in [0, 0.05) is 215 Å². The molecule has 23 nitrogen and oxygen atoms in total. The molecule has 12 aromatic rings. The molecule has 4 N–H and O–H groups in total. The molecule has 0 aliphatic carbocycles. The average Bonchev–Trinajstić information content (AvgIpc) is 0.778. The van der Waals surface area contributed by atoms with Gasteiger partial charge in [0.05, 0.1) is 32.2 Å². The number of carbonyl (C=O) groups is 4. The second-order valence-electron chi connectivity index (χ2n) is 27.1. The smallest absolute Gasteiger partial charge is 0.537 e. The van der Waals surface area contributed by atoms with Gasteiger partial charge in [0.2, 0.25) is 0 Å². The number of hydrogen-bond donors (Lipinski definition) is 4. The average molecular weight is 2140 g/mol. The van der Waals surface area contributed by atoms with Gasteiger partial charge in [-0.25, -0.2) is 19.2 Å². The molecule has 0 atom stereocenters. The van der Waals surface area contributed by atoms with Gasteiger partial charge in [-0.05, 0) is 243 Å². The van der Waals surface area contributed by atoms with Crippen LogP contribution in [0.25, 0.3) is 55.3 Å². The van der Waals surface area contributed by atoms with Gasteiger partial charge in [-0.2, -0.15) is 0 Å². The SMILES string of the molecule is C#CC(=O)Oc1cc(C)c(Br)c(C)c1.C1CCOC1.C1COCCN1.CC(=O)O.CC(=O)O.Cc1cc(OC(=O)C#Cc2cccnc2)cc(C)c1Br.Cc1cc2oc(=O)cc(-c3cccnc3)c2c(C)c1-c1ccc(CN2CCOCC2)cc1.Cc1cc2oc(=O)cc(-c3cccnc3)c2c(C)c1Br.Ic1cccnc1.O[B]Oc1ccc(CBr)cc1.[Pd]. The van der Waals surface area contributed by atoms with Crippen LogP contribution in [0.3, 0.4) is 0 Å². The number of aryl methyl sites for hydroxylation is 8. The Balaban J connectivity index is 0.000000263. The number of carboxylic acid groups (broad SMARTS) is 2. The van der Waals surface area contributed by atoms with Gasteiger partial charge in [-0.15, -0.1) is 6.42 Å². The van der Waals surface area contributed by atoms with Crippen molar-refractivity contribution in [3.8, 4) is 74.8 Å². The van der Waals surface area contributed by atoms with Gasteiger partial charge in [-0.1, -0.05) is 118 Å². The van der Waals surface area contributed by atoms with Gasteiger partial charge >= 0.3 is 30.9 Å². The molecule has 0 saturated carbocycles. The number of esters is 2. The molecule has 124 heavy (non-hydrogen) atoms. The molecule has 651 valence electrons. The van der Waals surface area contributed by atoms with Gasteiger partial charge in [0.1, 0.15) is 22.7 Å². The maximum absolute atomic E-state index is 12.3. The summed E-state index contributed by atoms with van der Waals surface area (Å²) in [4.78, 5) is 83.1. The number of benzene rings is 6. The van der Waals surface area contributed by atoms with Gasteiger partial charge in [0.15, 0.2) is 0 Å². The quantitative estimate of drug-likeness (QED) is 0.0144. The molecule has 3 saturated heterocycles. The van der Waals surface area contributed by atoms with Crippen molar-refractivity contribution in [1.29, 1.82) is 0 Å². The van der Waals surface area contributed by atoms with E-state index in [0.717, 1.165) is 188 Å². The zero-order chi connectivity index (χ0) is 89.8. The molecule has 6 aromatic carbocycles. The van der Waals surface area contributed by atoms with Gasteiger partial charge in [-0.3, -0.25) is 34.4 Å². The van der Waals surface area contributed by atoms with E-state index in [9.17, 15) is 19.2 Å². The van der Waals surface area contributed by atoms with Crippen molar-refractivity contribution in [2.24, 2.45) is 0 Å². The number of nitrogens with zero attached hydrogens (tertiary/aromatic N) is 5. The van der Waals surface area contributed by atoms with Crippen molar-refractivity contribution in [3.63, 3.8) is 0 Å². The molecule has 3 fully saturated rings. The van der Waals surface area contributed by atoms with Gasteiger partial charge in [0.25, 0.3) is 11.9 Å². The Morgan fingerprint density at radius 3 is 1.36 bits per heavy atom.